The first-order chi connectivity index (χ1) is 8.22. The lowest BCUT2D eigenvalue weighted by atomic mass is 10.1. The molecule has 0 saturated heterocycles. The monoisotopic (exact) mass is 232 g/mol. The van der Waals surface area contributed by atoms with Gasteiger partial charge in [-0.1, -0.05) is 19.4 Å². The number of hydrogen-bond acceptors (Lipinski definition) is 2. The lowest BCUT2D eigenvalue weighted by molar-refractivity contribution is 0.0741. The summed E-state index contributed by atoms with van der Waals surface area (Å²) in [6, 6.07) is 7.73. The highest BCUT2D eigenvalue weighted by molar-refractivity contribution is 5.95. The Kier molecular flexibility index (Phi) is 3.67. The molecule has 1 aliphatic rings. The van der Waals surface area contributed by atoms with Gasteiger partial charge in [0.1, 0.15) is 0 Å². The molecule has 0 aromatic heterocycles. The number of amides is 1. The topological polar surface area (TPSA) is 46.3 Å². The third kappa shape index (κ3) is 2.99. The minimum Gasteiger partial charge on any atom is -0.399 e. The second-order valence-electron chi connectivity index (χ2n) is 4.71. The van der Waals surface area contributed by atoms with E-state index in [1.165, 1.54) is 0 Å². The average Bonchev–Trinajstić information content (AvgIpc) is 3.14. The van der Waals surface area contributed by atoms with E-state index < -0.39 is 0 Å². The van der Waals surface area contributed by atoms with E-state index in [9.17, 15) is 4.79 Å². The van der Waals surface area contributed by atoms with Crippen molar-refractivity contribution in [2.75, 3.05) is 12.3 Å². The summed E-state index contributed by atoms with van der Waals surface area (Å²) < 4.78 is 0. The van der Waals surface area contributed by atoms with Gasteiger partial charge in [-0.15, -0.1) is 0 Å². The molecule has 0 bridgehead atoms. The molecule has 1 fully saturated rings. The Labute approximate surface area is 103 Å². The second-order valence-corrected chi connectivity index (χ2v) is 4.71. The molecule has 0 unspecified atom stereocenters. The number of unbranched alkanes of at least 4 members (excludes halogenated alkanes) is 1. The smallest absolute Gasteiger partial charge is 0.254 e. The van der Waals surface area contributed by atoms with Crippen molar-refractivity contribution >= 4 is 11.6 Å². The minimum absolute atomic E-state index is 0.133. The van der Waals surface area contributed by atoms with E-state index >= 15 is 0 Å². The van der Waals surface area contributed by atoms with Gasteiger partial charge in [0.05, 0.1) is 0 Å². The van der Waals surface area contributed by atoms with Crippen LogP contribution in [-0.2, 0) is 0 Å². The van der Waals surface area contributed by atoms with Crippen molar-refractivity contribution < 1.29 is 4.79 Å². The van der Waals surface area contributed by atoms with Crippen LogP contribution in [0.2, 0.25) is 0 Å². The zero-order valence-electron chi connectivity index (χ0n) is 10.4. The molecule has 2 rings (SSSR count). The van der Waals surface area contributed by atoms with Crippen LogP contribution in [0, 0.1) is 0 Å². The first kappa shape index (κ1) is 12.0. The maximum Gasteiger partial charge on any atom is 0.254 e. The molecule has 0 atom stereocenters. The zero-order valence-corrected chi connectivity index (χ0v) is 10.4. The molecule has 1 aromatic carbocycles. The van der Waals surface area contributed by atoms with Crippen LogP contribution >= 0.6 is 0 Å². The van der Waals surface area contributed by atoms with Crippen molar-refractivity contribution in [1.29, 1.82) is 0 Å². The number of benzene rings is 1. The van der Waals surface area contributed by atoms with Crippen LogP contribution in [-0.4, -0.2) is 23.4 Å². The van der Waals surface area contributed by atoms with Gasteiger partial charge in [-0.2, -0.15) is 0 Å². The van der Waals surface area contributed by atoms with E-state index in [1.54, 1.807) is 6.07 Å². The molecule has 3 nitrogen and oxygen atoms in total. The van der Waals surface area contributed by atoms with Crippen molar-refractivity contribution in [3.05, 3.63) is 29.8 Å². The number of carbonyl (C=O) groups is 1. The first-order valence-corrected chi connectivity index (χ1v) is 6.39. The Hall–Kier alpha value is -1.51. The van der Waals surface area contributed by atoms with Crippen molar-refractivity contribution in [2.24, 2.45) is 0 Å². The summed E-state index contributed by atoms with van der Waals surface area (Å²) in [7, 11) is 0. The van der Waals surface area contributed by atoms with E-state index in [0.29, 0.717) is 17.3 Å². The van der Waals surface area contributed by atoms with Crippen LogP contribution in [0.25, 0.3) is 0 Å². The summed E-state index contributed by atoms with van der Waals surface area (Å²) in [5, 5.41) is 0. The Morgan fingerprint density at radius 3 is 2.82 bits per heavy atom. The maximum absolute atomic E-state index is 12.4. The summed E-state index contributed by atoms with van der Waals surface area (Å²) in [6.45, 7) is 3.02. The van der Waals surface area contributed by atoms with Crippen molar-refractivity contribution in [1.82, 2.24) is 4.90 Å². The summed E-state index contributed by atoms with van der Waals surface area (Å²) >= 11 is 0. The van der Waals surface area contributed by atoms with Gasteiger partial charge in [-0.05, 0) is 37.5 Å². The van der Waals surface area contributed by atoms with Gasteiger partial charge in [0.2, 0.25) is 0 Å². The van der Waals surface area contributed by atoms with Crippen LogP contribution in [0.15, 0.2) is 24.3 Å². The van der Waals surface area contributed by atoms with Crippen LogP contribution in [0.1, 0.15) is 43.0 Å². The van der Waals surface area contributed by atoms with Crippen molar-refractivity contribution in [2.45, 2.75) is 38.6 Å². The Bertz CT molecular complexity index is 399. The molecule has 1 saturated carbocycles. The molecule has 0 radical (unpaired) electrons. The van der Waals surface area contributed by atoms with Crippen LogP contribution < -0.4 is 5.73 Å². The van der Waals surface area contributed by atoms with E-state index in [4.69, 9.17) is 5.73 Å². The highest BCUT2D eigenvalue weighted by atomic mass is 16.2. The van der Waals surface area contributed by atoms with Crippen molar-refractivity contribution in [3.8, 4) is 0 Å². The highest BCUT2D eigenvalue weighted by Gasteiger charge is 2.32. The van der Waals surface area contributed by atoms with E-state index in [0.717, 1.165) is 32.2 Å². The normalized spacial score (nSPS) is 14.6. The average molecular weight is 232 g/mol. The summed E-state index contributed by atoms with van der Waals surface area (Å²) in [5.41, 5.74) is 7.09. The van der Waals surface area contributed by atoms with Gasteiger partial charge < -0.3 is 10.6 Å². The minimum atomic E-state index is 0.133. The van der Waals surface area contributed by atoms with E-state index in [2.05, 4.69) is 6.92 Å². The SMILES string of the molecule is CCCCN(C(=O)c1cccc(N)c1)C1CC1. The maximum atomic E-state index is 12.4. The molecular formula is C14H20N2O. The third-order valence-electron chi connectivity index (χ3n) is 3.13. The van der Waals surface area contributed by atoms with Gasteiger partial charge in [-0.25, -0.2) is 0 Å². The van der Waals surface area contributed by atoms with E-state index in [1.807, 2.05) is 23.1 Å². The Morgan fingerprint density at radius 2 is 2.24 bits per heavy atom. The molecule has 1 aliphatic carbocycles. The molecule has 92 valence electrons. The number of nitrogens with zero attached hydrogens (tertiary/aromatic N) is 1. The van der Waals surface area contributed by atoms with Crippen molar-refractivity contribution in [3.63, 3.8) is 0 Å². The number of nitrogens with two attached hydrogens (primary N) is 1. The number of anilines is 1. The molecule has 0 aliphatic heterocycles. The summed E-state index contributed by atoms with van der Waals surface area (Å²) in [5.74, 6) is 0.133. The number of nitrogen functional groups attached to an aromatic ring is 1. The standard InChI is InChI=1S/C14H20N2O/c1-2-3-9-16(13-7-8-13)14(17)11-5-4-6-12(15)10-11/h4-6,10,13H,2-3,7-9,15H2,1H3. The molecule has 0 heterocycles. The summed E-state index contributed by atoms with van der Waals surface area (Å²) in [6.07, 6.45) is 4.49. The quantitative estimate of drug-likeness (QED) is 0.793. The van der Waals surface area contributed by atoms with Gasteiger partial charge in [0.15, 0.2) is 0 Å². The molecule has 1 aromatic rings. The number of rotatable bonds is 5. The predicted octanol–water partition coefficient (Wildman–Crippen LogP) is 2.67. The molecule has 1 amide bonds. The second kappa shape index (κ2) is 5.21. The van der Waals surface area contributed by atoms with Gasteiger partial charge >= 0.3 is 0 Å². The largest absolute Gasteiger partial charge is 0.399 e. The van der Waals surface area contributed by atoms with Crippen LogP contribution in [0.3, 0.4) is 0 Å². The van der Waals surface area contributed by atoms with Gasteiger partial charge in [-0.3, -0.25) is 4.79 Å². The molecule has 2 N–H and O–H groups in total. The zero-order chi connectivity index (χ0) is 12.3. The Balaban J connectivity index is 2.10. The third-order valence-corrected chi connectivity index (χ3v) is 3.13. The Morgan fingerprint density at radius 1 is 1.47 bits per heavy atom. The molecular weight excluding hydrogens is 212 g/mol. The number of carbonyl (C=O) groups excluding carboxylic acids is 1. The van der Waals surface area contributed by atoms with Crippen LogP contribution in [0.4, 0.5) is 5.69 Å². The van der Waals surface area contributed by atoms with E-state index in [-0.39, 0.29) is 5.91 Å². The lowest BCUT2D eigenvalue weighted by Gasteiger charge is -2.22. The predicted molar refractivity (Wildman–Crippen MR) is 69.8 cm³/mol. The summed E-state index contributed by atoms with van der Waals surface area (Å²) in [4.78, 5) is 14.4. The van der Waals surface area contributed by atoms with Gasteiger partial charge in [0.25, 0.3) is 5.91 Å². The fourth-order valence-corrected chi connectivity index (χ4v) is 2.00. The first-order valence-electron chi connectivity index (χ1n) is 6.39. The lowest BCUT2D eigenvalue weighted by Crippen LogP contribution is -2.34. The number of hydrogen-bond donors (Lipinski definition) is 1. The fourth-order valence-electron chi connectivity index (χ4n) is 2.00. The molecule has 0 spiro atoms. The molecule has 3 heteroatoms. The van der Waals surface area contributed by atoms with Crippen LogP contribution in [0.5, 0.6) is 0 Å². The fraction of sp³-hybridized carbons (Fsp3) is 0.500. The van der Waals surface area contributed by atoms with Gasteiger partial charge in [0, 0.05) is 23.8 Å². The molecule has 17 heavy (non-hydrogen) atoms. The highest BCUT2D eigenvalue weighted by Crippen LogP contribution is 2.28.